The highest BCUT2D eigenvalue weighted by molar-refractivity contribution is 6.22. The van der Waals surface area contributed by atoms with Crippen LogP contribution < -0.4 is 10.6 Å². The van der Waals surface area contributed by atoms with E-state index in [-0.39, 0.29) is 49.5 Å². The Kier molecular flexibility index (Phi) is 7.84. The summed E-state index contributed by atoms with van der Waals surface area (Å²) in [5.74, 6) is -2.88. The highest BCUT2D eigenvalue weighted by Crippen LogP contribution is 2.49. The largest absolute Gasteiger partial charge is 0.444 e. The van der Waals surface area contributed by atoms with E-state index < -0.39 is 29.2 Å². The van der Waals surface area contributed by atoms with Gasteiger partial charge in [-0.1, -0.05) is 12.1 Å². The molecule has 3 heterocycles. The van der Waals surface area contributed by atoms with E-state index in [2.05, 4.69) is 15.7 Å². The van der Waals surface area contributed by atoms with Crippen LogP contribution in [0.15, 0.2) is 42.7 Å². The fourth-order valence-electron chi connectivity index (χ4n) is 7.29. The van der Waals surface area contributed by atoms with Crippen molar-refractivity contribution in [2.75, 3.05) is 6.54 Å². The minimum Gasteiger partial charge on any atom is -0.444 e. The zero-order chi connectivity index (χ0) is 33.1. The molecule has 3 fully saturated rings. The maximum atomic E-state index is 14.0. The van der Waals surface area contributed by atoms with E-state index in [1.54, 1.807) is 55.7 Å². The van der Waals surface area contributed by atoms with Crippen LogP contribution >= 0.6 is 0 Å². The van der Waals surface area contributed by atoms with E-state index in [1.807, 2.05) is 12.3 Å². The molecule has 2 aromatic heterocycles. The van der Waals surface area contributed by atoms with Crippen molar-refractivity contribution >= 4 is 23.6 Å². The first-order chi connectivity index (χ1) is 22.3. The molecule has 0 radical (unpaired) electrons. The van der Waals surface area contributed by atoms with Gasteiger partial charge in [-0.3, -0.25) is 14.5 Å². The normalized spacial score (nSPS) is 21.9. The molecular formula is C35H42F2N6O4. The Morgan fingerprint density at radius 1 is 1.00 bits per heavy atom. The van der Waals surface area contributed by atoms with Gasteiger partial charge < -0.3 is 15.4 Å². The molecule has 1 aromatic carbocycles. The molecular weight excluding hydrogens is 606 g/mol. The Morgan fingerprint density at radius 2 is 1.64 bits per heavy atom. The van der Waals surface area contributed by atoms with Gasteiger partial charge in [0.25, 0.3) is 11.8 Å². The topological polar surface area (TPSA) is 118 Å². The lowest BCUT2D eigenvalue weighted by molar-refractivity contribution is -0.0500. The number of halogens is 2. The van der Waals surface area contributed by atoms with Crippen LogP contribution in [0.3, 0.4) is 0 Å². The van der Waals surface area contributed by atoms with Crippen LogP contribution in [-0.4, -0.2) is 61.0 Å². The fraction of sp³-hybridized carbons (Fsp3) is 0.571. The van der Waals surface area contributed by atoms with Gasteiger partial charge in [0.2, 0.25) is 5.92 Å². The smallest absolute Gasteiger partial charge is 0.408 e. The third kappa shape index (κ3) is 6.48. The summed E-state index contributed by atoms with van der Waals surface area (Å²) in [6.45, 7) is 5.96. The van der Waals surface area contributed by atoms with Gasteiger partial charge in [-0.25, -0.2) is 23.1 Å². The zero-order valence-corrected chi connectivity index (χ0v) is 27.1. The number of carbonyl (C=O) groups excluding carboxylic acids is 3. The lowest BCUT2D eigenvalue weighted by atomic mass is 9.81. The number of nitrogens with one attached hydrogen (secondary N) is 2. The van der Waals surface area contributed by atoms with Gasteiger partial charge in [-0.15, -0.1) is 0 Å². The van der Waals surface area contributed by atoms with E-state index in [0.717, 1.165) is 31.2 Å². The summed E-state index contributed by atoms with van der Waals surface area (Å²) in [6.07, 6.45) is 7.46. The zero-order valence-electron chi connectivity index (χ0n) is 27.1. The number of imide groups is 1. The van der Waals surface area contributed by atoms with E-state index in [4.69, 9.17) is 9.72 Å². The molecule has 0 unspecified atom stereocenters. The molecule has 0 spiro atoms. The summed E-state index contributed by atoms with van der Waals surface area (Å²) < 4.78 is 35.2. The van der Waals surface area contributed by atoms with Crippen LogP contribution in [0, 0.1) is 11.8 Å². The van der Waals surface area contributed by atoms with E-state index in [0.29, 0.717) is 41.4 Å². The molecule has 47 heavy (non-hydrogen) atoms. The summed E-state index contributed by atoms with van der Waals surface area (Å²) >= 11 is 0. The number of amides is 3. The van der Waals surface area contributed by atoms with Gasteiger partial charge in [0.1, 0.15) is 5.60 Å². The Hall–Kier alpha value is -3.93. The molecule has 4 aliphatic rings. The monoisotopic (exact) mass is 648 g/mol. The lowest BCUT2D eigenvalue weighted by Crippen LogP contribution is -2.43. The average molecular weight is 649 g/mol. The number of hydrogen-bond donors (Lipinski definition) is 2. The minimum atomic E-state index is -2.70. The van der Waals surface area contributed by atoms with Crippen molar-refractivity contribution < 1.29 is 27.9 Å². The van der Waals surface area contributed by atoms with Crippen LogP contribution in [0.4, 0.5) is 13.6 Å². The first-order valence-electron chi connectivity index (χ1n) is 16.8. The number of alkyl carbamates (subject to hydrolysis) is 1. The summed E-state index contributed by atoms with van der Waals surface area (Å²) in [7, 11) is 0. The SMILES string of the molecule is CC(C)(C)OC(=O)N[C@H](c1cn2ncc([C@H](NCCC3(N4C(=O)c5ccccc5C4=O)CC3)C3CC3)cc2n1)C1CCC(F)(F)CC1. The number of carbonyl (C=O) groups is 3. The molecule has 2 N–H and O–H groups in total. The predicted octanol–water partition coefficient (Wildman–Crippen LogP) is 6.38. The second kappa shape index (κ2) is 11.6. The van der Waals surface area contributed by atoms with E-state index >= 15 is 0 Å². The molecule has 2 atom stereocenters. The number of ether oxygens (including phenoxy) is 1. The van der Waals surface area contributed by atoms with Crippen molar-refractivity contribution in [3.63, 3.8) is 0 Å². The average Bonchev–Trinajstić information content (AvgIpc) is 3.94. The van der Waals surface area contributed by atoms with Crippen LogP contribution in [-0.2, 0) is 4.74 Å². The Morgan fingerprint density at radius 3 is 2.23 bits per heavy atom. The van der Waals surface area contributed by atoms with Crippen molar-refractivity contribution in [1.82, 2.24) is 30.1 Å². The van der Waals surface area contributed by atoms with Gasteiger partial charge in [-0.2, -0.15) is 5.10 Å². The number of nitrogens with zero attached hydrogens (tertiary/aromatic N) is 4. The summed E-state index contributed by atoms with van der Waals surface area (Å²) in [4.78, 5) is 45.5. The molecule has 12 heteroatoms. The third-order valence-electron chi connectivity index (χ3n) is 10.1. The Labute approximate surface area is 272 Å². The maximum absolute atomic E-state index is 14.0. The quantitative estimate of drug-likeness (QED) is 0.245. The number of fused-ring (bicyclic) bond motifs is 2. The van der Waals surface area contributed by atoms with Crippen LogP contribution in [0.2, 0.25) is 0 Å². The summed E-state index contributed by atoms with van der Waals surface area (Å²) in [6, 6.07) is 8.45. The first-order valence-corrected chi connectivity index (χ1v) is 16.8. The second-order valence-corrected chi connectivity index (χ2v) is 14.8. The molecule has 3 aromatic rings. The maximum Gasteiger partial charge on any atom is 0.408 e. The van der Waals surface area contributed by atoms with Crippen LogP contribution in [0.1, 0.15) is 123 Å². The molecule has 0 saturated heterocycles. The molecule has 3 aliphatic carbocycles. The number of aromatic nitrogens is 3. The molecule has 0 bridgehead atoms. The number of alkyl halides is 2. The van der Waals surface area contributed by atoms with Gasteiger partial charge >= 0.3 is 6.09 Å². The van der Waals surface area contributed by atoms with Crippen molar-refractivity contribution in [2.45, 2.75) is 108 Å². The fourth-order valence-corrected chi connectivity index (χ4v) is 7.29. The second-order valence-electron chi connectivity index (χ2n) is 14.8. The van der Waals surface area contributed by atoms with Crippen LogP contribution in [0.25, 0.3) is 5.65 Å². The number of rotatable bonds is 10. The standard InChI is InChI=1S/C35H42F2N6O4/c1-33(2,3)47-32(46)41-29(22-10-12-35(36,37)13-11-22)26-20-42-27(40-26)18-23(19-39-42)28(21-8-9-21)38-17-16-34(14-15-34)43-30(44)24-6-4-5-7-25(24)31(43)45/h4-7,18-22,28-29,38H,8-17H2,1-3H3,(H,41,46)/t28-,29+/m1/s1. The molecule has 3 amide bonds. The van der Waals surface area contributed by atoms with Gasteiger partial charge in [0.15, 0.2) is 5.65 Å². The molecule has 3 saturated carbocycles. The van der Waals surface area contributed by atoms with E-state index in [1.165, 1.54) is 4.90 Å². The molecule has 7 rings (SSSR count). The van der Waals surface area contributed by atoms with Gasteiger partial charge in [0, 0.05) is 18.9 Å². The highest BCUT2D eigenvalue weighted by Gasteiger charge is 2.55. The van der Waals surface area contributed by atoms with Crippen molar-refractivity contribution in [1.29, 1.82) is 0 Å². The first kappa shape index (κ1) is 31.7. The Balaban J connectivity index is 1.07. The lowest BCUT2D eigenvalue weighted by Gasteiger charge is -2.33. The highest BCUT2D eigenvalue weighted by atomic mass is 19.3. The van der Waals surface area contributed by atoms with Crippen molar-refractivity contribution in [3.05, 3.63) is 65.1 Å². The number of hydrogen-bond acceptors (Lipinski definition) is 7. The van der Waals surface area contributed by atoms with E-state index in [9.17, 15) is 23.2 Å². The van der Waals surface area contributed by atoms with Crippen LogP contribution in [0.5, 0.6) is 0 Å². The van der Waals surface area contributed by atoms with Gasteiger partial charge in [0.05, 0.1) is 40.8 Å². The molecule has 10 nitrogen and oxygen atoms in total. The van der Waals surface area contributed by atoms with Crippen molar-refractivity contribution in [3.8, 4) is 0 Å². The minimum absolute atomic E-state index is 0.0295. The summed E-state index contributed by atoms with van der Waals surface area (Å²) in [5.41, 5.74) is 1.95. The van der Waals surface area contributed by atoms with Gasteiger partial charge in [-0.05, 0) is 108 Å². The molecule has 250 valence electrons. The predicted molar refractivity (Wildman–Crippen MR) is 169 cm³/mol. The number of imidazole rings is 1. The van der Waals surface area contributed by atoms with Crippen molar-refractivity contribution in [2.24, 2.45) is 11.8 Å². The summed E-state index contributed by atoms with van der Waals surface area (Å²) in [5, 5.41) is 11.3. The number of benzene rings is 1. The molecule has 1 aliphatic heterocycles. The Bertz CT molecular complexity index is 1660. The third-order valence-corrected chi connectivity index (χ3v) is 10.1.